The summed E-state index contributed by atoms with van der Waals surface area (Å²) in [5.74, 6) is 1.02. The van der Waals surface area contributed by atoms with Gasteiger partial charge >= 0.3 is 0 Å². The smallest absolute Gasteiger partial charge is 0.228 e. The first-order valence-electron chi connectivity index (χ1n) is 5.94. The molecule has 4 heteroatoms. The highest BCUT2D eigenvalue weighted by atomic mass is 16.5. The Morgan fingerprint density at radius 3 is 2.20 bits per heavy atom. The minimum Gasteiger partial charge on any atom is -0.508 e. The van der Waals surface area contributed by atoms with Gasteiger partial charge in [0.2, 0.25) is 5.69 Å². The Labute approximate surface area is 117 Å². The summed E-state index contributed by atoms with van der Waals surface area (Å²) < 4.78 is 10.1. The summed E-state index contributed by atoms with van der Waals surface area (Å²) in [5.41, 5.74) is 1.33. The number of rotatable bonds is 4. The zero-order chi connectivity index (χ0) is 14.5. The molecule has 0 radical (unpaired) electrons. The van der Waals surface area contributed by atoms with Gasteiger partial charge in [-0.25, -0.2) is 4.85 Å². The summed E-state index contributed by atoms with van der Waals surface area (Å²) in [6.45, 7) is 7.10. The van der Waals surface area contributed by atoms with Crippen LogP contribution in [0.2, 0.25) is 0 Å². The third-order valence-corrected chi connectivity index (χ3v) is 2.91. The van der Waals surface area contributed by atoms with Crippen molar-refractivity contribution >= 4 is 11.5 Å². The minimum absolute atomic E-state index is 0.139. The van der Waals surface area contributed by atoms with E-state index in [-0.39, 0.29) is 5.78 Å². The Hall–Kier alpha value is -2.80. The van der Waals surface area contributed by atoms with E-state index < -0.39 is 0 Å². The molecule has 2 aromatic carbocycles. The topological polar surface area (TPSA) is 39.9 Å². The molecule has 4 nitrogen and oxygen atoms in total. The van der Waals surface area contributed by atoms with Crippen molar-refractivity contribution < 1.29 is 14.3 Å². The van der Waals surface area contributed by atoms with Crippen molar-refractivity contribution in [3.05, 3.63) is 65.0 Å². The van der Waals surface area contributed by atoms with Gasteiger partial charge in [-0.05, 0) is 42.5 Å². The number of methoxy groups -OCH3 is 2. The molecule has 20 heavy (non-hydrogen) atoms. The largest absolute Gasteiger partial charge is 0.508 e. The van der Waals surface area contributed by atoms with E-state index in [2.05, 4.69) is 4.85 Å². The molecule has 0 fully saturated rings. The second-order valence-corrected chi connectivity index (χ2v) is 4.06. The quantitative estimate of drug-likeness (QED) is 0.628. The van der Waals surface area contributed by atoms with Crippen molar-refractivity contribution in [1.29, 1.82) is 0 Å². The fraction of sp³-hybridized carbons (Fsp3) is 0.125. The molecule has 0 aliphatic rings. The number of ketones is 1. The van der Waals surface area contributed by atoms with Crippen LogP contribution in [0.3, 0.4) is 0 Å². The average molecular weight is 266 g/mol. The molecular weight excluding hydrogens is 253 g/mol. The SMILES string of the molecule is COc1ccc(C(=O)c2ccc(OC)c([N+]#[11C-])c2)cc1. The van der Waals surface area contributed by atoms with Crippen molar-refractivity contribution in [1.82, 2.24) is 0 Å². The van der Waals surface area contributed by atoms with Gasteiger partial charge in [0.05, 0.1) is 20.8 Å². The molecule has 0 heterocycles. The van der Waals surface area contributed by atoms with Crippen LogP contribution in [0.1, 0.15) is 15.9 Å². The van der Waals surface area contributed by atoms with Crippen LogP contribution in [0.5, 0.6) is 11.5 Å². The van der Waals surface area contributed by atoms with Crippen molar-refractivity contribution in [2.24, 2.45) is 0 Å². The second kappa shape index (κ2) is 5.89. The molecule has 0 aromatic heterocycles. The first-order chi connectivity index (χ1) is 9.69. The number of benzene rings is 2. The predicted octanol–water partition coefficient (Wildman–Crippen LogP) is 3.49. The van der Waals surface area contributed by atoms with E-state index in [0.717, 1.165) is 0 Å². The Morgan fingerprint density at radius 2 is 1.65 bits per heavy atom. The van der Waals surface area contributed by atoms with Gasteiger partial charge in [0, 0.05) is 11.1 Å². The lowest BCUT2D eigenvalue weighted by Crippen LogP contribution is -2.01. The lowest BCUT2D eigenvalue weighted by molar-refractivity contribution is 0.103. The second-order valence-electron chi connectivity index (χ2n) is 4.06. The molecule has 0 atom stereocenters. The molecule has 0 bridgehead atoms. The Balaban J connectivity index is 2.35. The van der Waals surface area contributed by atoms with E-state index in [1.165, 1.54) is 7.11 Å². The van der Waals surface area contributed by atoms with Gasteiger partial charge in [0.1, 0.15) is 11.5 Å². The Bertz CT molecular complexity index is 669. The molecule has 0 spiro atoms. The number of ether oxygens (including phenoxy) is 2. The monoisotopic (exact) mass is 266 g/mol. The minimum atomic E-state index is -0.139. The zero-order valence-electron chi connectivity index (χ0n) is 11.2. The molecule has 100 valence electrons. The number of carbonyl (C=O) groups is 1. The van der Waals surface area contributed by atoms with E-state index in [9.17, 15) is 4.79 Å². The molecule has 2 rings (SSSR count). The molecule has 0 amide bonds. The Kier molecular flexibility index (Phi) is 4.02. The summed E-state index contributed by atoms with van der Waals surface area (Å²) >= 11 is 0. The highest BCUT2D eigenvalue weighted by Crippen LogP contribution is 2.29. The third-order valence-electron chi connectivity index (χ3n) is 2.91. The van der Waals surface area contributed by atoms with E-state index in [4.69, 9.17) is 16.0 Å². The fourth-order valence-electron chi connectivity index (χ4n) is 1.83. The maximum Gasteiger partial charge on any atom is 0.228 e. The molecule has 0 N–H and O–H groups in total. The van der Waals surface area contributed by atoms with Crippen LogP contribution in [-0.2, 0) is 0 Å². The number of hydrogen-bond acceptors (Lipinski definition) is 3. The van der Waals surface area contributed by atoms with Crippen molar-refractivity contribution in [3.8, 4) is 11.5 Å². The first kappa shape index (κ1) is 13.6. The highest BCUT2D eigenvalue weighted by Gasteiger charge is 2.12. The van der Waals surface area contributed by atoms with E-state index in [1.807, 2.05) is 0 Å². The van der Waals surface area contributed by atoms with Gasteiger partial charge in [0.15, 0.2) is 5.78 Å². The van der Waals surface area contributed by atoms with Gasteiger partial charge in [-0.2, -0.15) is 0 Å². The van der Waals surface area contributed by atoms with Crippen molar-refractivity contribution in [3.63, 3.8) is 0 Å². The van der Waals surface area contributed by atoms with Crippen LogP contribution in [0.15, 0.2) is 42.5 Å². The van der Waals surface area contributed by atoms with Crippen LogP contribution in [0.4, 0.5) is 5.69 Å². The maximum absolute atomic E-state index is 12.3. The summed E-state index contributed by atoms with van der Waals surface area (Å²) in [4.78, 5) is 15.7. The summed E-state index contributed by atoms with van der Waals surface area (Å²) in [6.07, 6.45) is 0. The van der Waals surface area contributed by atoms with E-state index in [0.29, 0.717) is 28.3 Å². The number of carbonyl (C=O) groups excluding carboxylic acids is 1. The average Bonchev–Trinajstić information content (AvgIpc) is 2.53. The Morgan fingerprint density at radius 1 is 1.00 bits per heavy atom. The van der Waals surface area contributed by atoms with Crippen LogP contribution in [0.25, 0.3) is 4.85 Å². The lowest BCUT2D eigenvalue weighted by Gasteiger charge is -2.06. The van der Waals surface area contributed by atoms with Crippen molar-refractivity contribution in [2.45, 2.75) is 0 Å². The van der Waals surface area contributed by atoms with Gasteiger partial charge in [-0.3, -0.25) is 4.79 Å². The first-order valence-corrected chi connectivity index (χ1v) is 5.94. The van der Waals surface area contributed by atoms with Crippen molar-refractivity contribution in [2.75, 3.05) is 14.2 Å². The van der Waals surface area contributed by atoms with Crippen LogP contribution < -0.4 is 9.47 Å². The van der Waals surface area contributed by atoms with Gasteiger partial charge in [-0.15, -0.1) is 0 Å². The standard InChI is InChI=1S/C16H13NO3/c1-17-14-10-12(6-9-15(14)20-3)16(18)11-4-7-13(19-2)8-5-11/h4-10H,2-3H3/i1-1. The number of nitrogens with zero attached hydrogens (tertiary/aromatic N) is 1. The van der Waals surface area contributed by atoms with Gasteiger partial charge in [-0.1, -0.05) is 0 Å². The molecule has 0 saturated carbocycles. The summed E-state index contributed by atoms with van der Waals surface area (Å²) in [6, 6.07) is 11.7. The highest BCUT2D eigenvalue weighted by molar-refractivity contribution is 6.09. The third kappa shape index (κ3) is 2.62. The van der Waals surface area contributed by atoms with E-state index >= 15 is 0 Å². The molecule has 0 saturated heterocycles. The molecule has 2 aromatic rings. The summed E-state index contributed by atoms with van der Waals surface area (Å²) in [5, 5.41) is 0. The zero-order valence-corrected chi connectivity index (χ0v) is 11.2. The van der Waals surface area contributed by atoms with Crippen LogP contribution in [0, 0.1) is 6.57 Å². The summed E-state index contributed by atoms with van der Waals surface area (Å²) in [7, 11) is 3.07. The fourth-order valence-corrected chi connectivity index (χ4v) is 1.83. The normalized spacial score (nSPS) is 9.65. The predicted molar refractivity (Wildman–Crippen MR) is 75.7 cm³/mol. The van der Waals surface area contributed by atoms with Gasteiger partial charge < -0.3 is 9.47 Å². The molecule has 0 aliphatic carbocycles. The van der Waals surface area contributed by atoms with Crippen LogP contribution >= 0.6 is 0 Å². The van der Waals surface area contributed by atoms with E-state index in [1.54, 1.807) is 49.6 Å². The molecule has 0 unspecified atom stereocenters. The maximum atomic E-state index is 12.3. The number of hydrogen-bond donors (Lipinski definition) is 0. The molecule has 0 aliphatic heterocycles. The van der Waals surface area contributed by atoms with Crippen LogP contribution in [-0.4, -0.2) is 20.0 Å². The van der Waals surface area contributed by atoms with Gasteiger partial charge in [0.25, 0.3) is 0 Å². The lowest BCUT2D eigenvalue weighted by atomic mass is 10.0. The molecular formula is C16H13NO3.